The van der Waals surface area contributed by atoms with Crippen LogP contribution in [0.4, 0.5) is 5.69 Å². The van der Waals surface area contributed by atoms with Gasteiger partial charge < -0.3 is 13.9 Å². The smallest absolute Gasteiger partial charge is 0.384 e. The van der Waals surface area contributed by atoms with Gasteiger partial charge in [-0.1, -0.05) is 54.1 Å². The third-order valence-electron chi connectivity index (χ3n) is 6.73. The maximum atomic E-state index is 4.39. The molecule has 0 fully saturated rings. The van der Waals surface area contributed by atoms with Crippen molar-refractivity contribution < 1.29 is 24.7 Å². The Morgan fingerprint density at radius 2 is 1.71 bits per heavy atom. The van der Waals surface area contributed by atoms with Crippen molar-refractivity contribution in [2.75, 3.05) is 11.9 Å². The SMILES string of the molecule is [CH2-]c1cccc2c1-c1n3c(c[n+]1[CH2-])-c1ccccc1Cc1cccc(C)c1B3N2C.[Ir]. The molecule has 0 amide bonds. The second kappa shape index (κ2) is 7.08. The Balaban J connectivity index is 0.00000204. The van der Waals surface area contributed by atoms with Gasteiger partial charge in [0.15, 0.2) is 0 Å². The summed E-state index contributed by atoms with van der Waals surface area (Å²) in [5.74, 6) is 1.11. The van der Waals surface area contributed by atoms with Crippen molar-refractivity contribution in [3.05, 3.63) is 103 Å². The first kappa shape index (κ1) is 20.1. The minimum atomic E-state index is 0. The number of rotatable bonds is 0. The molecule has 3 heterocycles. The molecule has 1 aromatic heterocycles. The molecular formula is C26H23BIrN3-. The van der Waals surface area contributed by atoms with Crippen molar-refractivity contribution in [2.45, 2.75) is 13.3 Å². The van der Waals surface area contributed by atoms with E-state index in [1.54, 1.807) is 0 Å². The molecule has 2 aliphatic rings. The number of aromatic nitrogens is 2. The van der Waals surface area contributed by atoms with Crippen LogP contribution in [-0.4, -0.2) is 18.5 Å². The Kier molecular flexibility index (Phi) is 4.58. The van der Waals surface area contributed by atoms with Crippen molar-refractivity contribution >= 4 is 18.1 Å². The molecule has 3 nitrogen and oxygen atoms in total. The van der Waals surface area contributed by atoms with Crippen molar-refractivity contribution in [1.29, 1.82) is 0 Å². The summed E-state index contributed by atoms with van der Waals surface area (Å²) in [6, 6.07) is 21.8. The topological polar surface area (TPSA) is 12.0 Å². The summed E-state index contributed by atoms with van der Waals surface area (Å²) in [6.45, 7) is 6.65. The van der Waals surface area contributed by atoms with Gasteiger partial charge in [0.05, 0.1) is 5.69 Å². The van der Waals surface area contributed by atoms with Crippen molar-refractivity contribution in [2.24, 2.45) is 0 Å². The van der Waals surface area contributed by atoms with E-state index in [4.69, 9.17) is 0 Å². The third kappa shape index (κ3) is 2.67. The van der Waals surface area contributed by atoms with Crippen molar-refractivity contribution in [1.82, 2.24) is 4.48 Å². The van der Waals surface area contributed by atoms with Gasteiger partial charge >= 0.3 is 6.98 Å². The molecule has 0 saturated carbocycles. The molecule has 2 aliphatic heterocycles. The Labute approximate surface area is 197 Å². The number of fused-ring (bicyclic) bond motifs is 6. The van der Waals surface area contributed by atoms with Gasteiger partial charge in [0, 0.05) is 37.3 Å². The Morgan fingerprint density at radius 3 is 2.55 bits per heavy atom. The average Bonchev–Trinajstić information content (AvgIpc) is 3.06. The van der Waals surface area contributed by atoms with Crippen molar-refractivity contribution in [3.63, 3.8) is 0 Å². The second-order valence-corrected chi connectivity index (χ2v) is 8.46. The molecule has 0 spiro atoms. The molecule has 6 rings (SSSR count). The zero-order chi connectivity index (χ0) is 20.6. The minimum Gasteiger partial charge on any atom is -0.384 e. The predicted octanol–water partition coefficient (Wildman–Crippen LogP) is 3.83. The molecule has 4 aromatic rings. The van der Waals surface area contributed by atoms with E-state index in [1.165, 1.54) is 39.1 Å². The first-order chi connectivity index (χ1) is 14.6. The standard InChI is InChI=1S/C26H23BN3.Ir/c1-17-9-8-14-22-24(17)26-28(3)16-23-21-13-6-5-11-19(21)15-20-12-7-10-18(2)25(20)27(29(22)4)30(23)26;/h5-14,16H,1,3,15H2,2,4H3;/q-1;. The molecule has 3 aromatic carbocycles. The Hall–Kier alpha value is -2.88. The fourth-order valence-electron chi connectivity index (χ4n) is 5.40. The van der Waals surface area contributed by atoms with Crippen LogP contribution in [0.15, 0.2) is 66.9 Å². The summed E-state index contributed by atoms with van der Waals surface area (Å²) in [5, 5.41) is 0. The second-order valence-electron chi connectivity index (χ2n) is 8.46. The van der Waals surface area contributed by atoms with Crippen LogP contribution < -0.4 is 14.8 Å². The first-order valence-electron chi connectivity index (χ1n) is 10.4. The molecule has 5 heteroatoms. The van der Waals surface area contributed by atoms with E-state index in [0.717, 1.165) is 23.4 Å². The van der Waals surface area contributed by atoms with Crippen LogP contribution in [0.1, 0.15) is 22.3 Å². The van der Waals surface area contributed by atoms with E-state index in [-0.39, 0.29) is 27.1 Å². The zero-order valence-electron chi connectivity index (χ0n) is 17.7. The summed E-state index contributed by atoms with van der Waals surface area (Å²) in [6.07, 6.45) is 3.11. The van der Waals surface area contributed by atoms with Crippen LogP contribution in [0.5, 0.6) is 0 Å². The molecule has 0 bridgehead atoms. The summed E-state index contributed by atoms with van der Waals surface area (Å²) < 4.78 is 4.50. The summed E-state index contributed by atoms with van der Waals surface area (Å²) in [7, 11) is 6.59. The van der Waals surface area contributed by atoms with E-state index in [0.29, 0.717) is 0 Å². The molecule has 155 valence electrons. The Morgan fingerprint density at radius 1 is 0.968 bits per heavy atom. The fourth-order valence-corrected chi connectivity index (χ4v) is 5.40. The van der Waals surface area contributed by atoms with E-state index < -0.39 is 0 Å². The van der Waals surface area contributed by atoms with E-state index in [9.17, 15) is 0 Å². The average molecular weight is 581 g/mol. The predicted molar refractivity (Wildman–Crippen MR) is 124 cm³/mol. The van der Waals surface area contributed by atoms with Crippen LogP contribution in [0, 0.1) is 20.9 Å². The fraction of sp³-hybridized carbons (Fsp3) is 0.115. The van der Waals surface area contributed by atoms with E-state index in [2.05, 4.69) is 104 Å². The number of benzene rings is 3. The summed E-state index contributed by atoms with van der Waals surface area (Å²) in [4.78, 5) is 2.40. The third-order valence-corrected chi connectivity index (χ3v) is 6.73. The van der Waals surface area contributed by atoms with Crippen LogP contribution in [0.2, 0.25) is 0 Å². The molecule has 0 N–H and O–H groups in total. The van der Waals surface area contributed by atoms with E-state index in [1.807, 2.05) is 4.57 Å². The van der Waals surface area contributed by atoms with Gasteiger partial charge in [0.25, 0.3) is 0 Å². The monoisotopic (exact) mass is 581 g/mol. The summed E-state index contributed by atoms with van der Waals surface area (Å²) in [5.41, 5.74) is 11.3. The Bertz CT molecular complexity index is 1340. The number of anilines is 1. The number of nitrogens with zero attached hydrogens (tertiary/aromatic N) is 3. The quantitative estimate of drug-likeness (QED) is 0.175. The zero-order valence-corrected chi connectivity index (χ0v) is 20.1. The van der Waals surface area contributed by atoms with Crippen LogP contribution in [0.3, 0.4) is 0 Å². The normalized spacial score (nSPS) is 13.2. The largest absolute Gasteiger partial charge is 0.523 e. The van der Waals surface area contributed by atoms with Crippen LogP contribution >= 0.6 is 0 Å². The molecule has 0 saturated heterocycles. The van der Waals surface area contributed by atoms with Crippen molar-refractivity contribution in [3.8, 4) is 22.6 Å². The molecule has 1 radical (unpaired) electrons. The van der Waals surface area contributed by atoms with Gasteiger partial charge in [-0.2, -0.15) is 18.6 Å². The molecule has 0 atom stereocenters. The molecule has 0 unspecified atom stereocenters. The maximum Gasteiger partial charge on any atom is 0.523 e. The number of hydrogen-bond donors (Lipinski definition) is 0. The van der Waals surface area contributed by atoms with Gasteiger partial charge in [-0.05, 0) is 49.8 Å². The van der Waals surface area contributed by atoms with E-state index >= 15 is 0 Å². The van der Waals surface area contributed by atoms with Crippen LogP contribution in [-0.2, 0) is 26.5 Å². The summed E-state index contributed by atoms with van der Waals surface area (Å²) >= 11 is 0. The van der Waals surface area contributed by atoms with Gasteiger partial charge in [-0.15, -0.1) is 6.07 Å². The van der Waals surface area contributed by atoms with Gasteiger partial charge in [-0.25, -0.2) is 0 Å². The van der Waals surface area contributed by atoms with Gasteiger partial charge in [0.2, 0.25) is 0 Å². The number of aryl methyl sites for hydroxylation is 1. The number of imidazole rings is 1. The molecule has 0 aliphatic carbocycles. The molecule has 31 heavy (non-hydrogen) atoms. The first-order valence-corrected chi connectivity index (χ1v) is 10.4. The van der Waals surface area contributed by atoms with Gasteiger partial charge in [0.1, 0.15) is 5.82 Å². The molecular weight excluding hydrogens is 557 g/mol. The van der Waals surface area contributed by atoms with Crippen LogP contribution in [0.25, 0.3) is 22.6 Å². The maximum absolute atomic E-state index is 4.39. The van der Waals surface area contributed by atoms with Gasteiger partial charge in [-0.3, -0.25) is 0 Å². The minimum absolute atomic E-state index is 0. The number of hydrogen-bond acceptors (Lipinski definition) is 1.